The lowest BCUT2D eigenvalue weighted by molar-refractivity contribution is -0.254. The van der Waals surface area contributed by atoms with Crippen LogP contribution in [0.5, 0.6) is 0 Å². The van der Waals surface area contributed by atoms with Crippen molar-refractivity contribution in [2.75, 3.05) is 5.32 Å². The fraction of sp³-hybridized carbons (Fsp3) is 0.0556. The van der Waals surface area contributed by atoms with E-state index >= 15 is 0 Å². The normalized spacial score (nSPS) is 11.5. The Morgan fingerprint density at radius 3 is 2.42 bits per heavy atom. The van der Waals surface area contributed by atoms with E-state index in [0.29, 0.717) is 0 Å². The average molecular weight is 359 g/mol. The predicted octanol–water partition coefficient (Wildman–Crippen LogP) is 2.61. The topological polar surface area (TPSA) is 93.0 Å². The highest BCUT2D eigenvalue weighted by Crippen LogP contribution is 2.30. The third-order valence-electron chi connectivity index (χ3n) is 3.29. The van der Waals surface area contributed by atoms with Crippen LogP contribution in [0.3, 0.4) is 0 Å². The van der Waals surface area contributed by atoms with Crippen molar-refractivity contribution < 1.29 is 27.9 Å². The number of carbonyl (C=O) groups is 2. The van der Waals surface area contributed by atoms with Crippen molar-refractivity contribution >= 4 is 23.6 Å². The second-order valence-electron chi connectivity index (χ2n) is 5.08. The highest BCUT2D eigenvalue weighted by Gasteiger charge is 2.30. The van der Waals surface area contributed by atoms with E-state index in [-0.39, 0.29) is 16.8 Å². The zero-order valence-electron chi connectivity index (χ0n) is 13.0. The lowest BCUT2D eigenvalue weighted by atomic mass is 10.1. The van der Waals surface area contributed by atoms with Gasteiger partial charge in [-0.15, -0.1) is 0 Å². The summed E-state index contributed by atoms with van der Waals surface area (Å²) in [6, 6.07) is 11.1. The molecule has 0 spiro atoms. The Balaban J connectivity index is 2.32. The van der Waals surface area contributed by atoms with Gasteiger partial charge in [0.15, 0.2) is 0 Å². The monoisotopic (exact) mass is 359 g/mol. The summed E-state index contributed by atoms with van der Waals surface area (Å²) in [5.41, 5.74) is -1.80. The Kier molecular flexibility index (Phi) is 5.42. The summed E-state index contributed by atoms with van der Waals surface area (Å²) < 4.78 is 38.2. The van der Waals surface area contributed by atoms with Gasteiger partial charge in [0.2, 0.25) is 0 Å². The number of nitriles is 1. The molecule has 0 aromatic heterocycles. The number of alkyl halides is 3. The summed E-state index contributed by atoms with van der Waals surface area (Å²) in [6.45, 7) is 0. The molecule has 0 bridgehead atoms. The third kappa shape index (κ3) is 4.48. The summed E-state index contributed by atoms with van der Waals surface area (Å²) in [7, 11) is 0. The van der Waals surface area contributed by atoms with Crippen molar-refractivity contribution in [3.63, 3.8) is 0 Å². The van der Waals surface area contributed by atoms with Gasteiger partial charge in [-0.25, -0.2) is 0 Å². The molecule has 132 valence electrons. The Morgan fingerprint density at radius 2 is 1.81 bits per heavy atom. The first kappa shape index (κ1) is 18.7. The van der Waals surface area contributed by atoms with Crippen molar-refractivity contribution in [2.24, 2.45) is 0 Å². The molecule has 0 radical (unpaired) electrons. The van der Waals surface area contributed by atoms with Gasteiger partial charge in [-0.2, -0.15) is 18.4 Å². The molecule has 8 heteroatoms. The van der Waals surface area contributed by atoms with Crippen LogP contribution in [0.25, 0.3) is 6.08 Å². The molecule has 0 aliphatic carbocycles. The minimum atomic E-state index is -4.56. The number of aromatic carboxylic acids is 1. The second-order valence-corrected chi connectivity index (χ2v) is 5.08. The molecule has 5 nitrogen and oxygen atoms in total. The number of carboxylic acids is 1. The number of anilines is 1. The van der Waals surface area contributed by atoms with Gasteiger partial charge in [0.05, 0.1) is 17.2 Å². The number of nitrogens with zero attached hydrogens (tertiary/aromatic N) is 1. The first-order chi connectivity index (χ1) is 12.2. The smallest absolute Gasteiger partial charge is 0.416 e. The van der Waals surface area contributed by atoms with Gasteiger partial charge >= 0.3 is 6.18 Å². The maximum atomic E-state index is 12.7. The van der Waals surface area contributed by atoms with E-state index in [1.165, 1.54) is 30.3 Å². The van der Waals surface area contributed by atoms with Crippen LogP contribution in [-0.2, 0) is 11.0 Å². The second kappa shape index (κ2) is 7.53. The van der Waals surface area contributed by atoms with Crippen molar-refractivity contribution in [1.29, 1.82) is 5.26 Å². The minimum Gasteiger partial charge on any atom is -0.545 e. The summed E-state index contributed by atoms with van der Waals surface area (Å²) in [5, 5.41) is 22.4. The number of para-hydroxylation sites is 1. The van der Waals surface area contributed by atoms with Gasteiger partial charge in [-0.05, 0) is 29.8 Å². The van der Waals surface area contributed by atoms with Gasteiger partial charge in [-0.3, -0.25) is 4.79 Å². The molecule has 2 aromatic rings. The van der Waals surface area contributed by atoms with E-state index in [1.54, 1.807) is 6.07 Å². The number of carboxylic acid groups (broad SMARTS) is 1. The molecule has 1 N–H and O–H groups in total. The predicted molar refractivity (Wildman–Crippen MR) is 84.4 cm³/mol. The van der Waals surface area contributed by atoms with Crippen molar-refractivity contribution in [2.45, 2.75) is 6.18 Å². The molecule has 0 fully saturated rings. The van der Waals surface area contributed by atoms with Crippen LogP contribution in [0.15, 0.2) is 54.1 Å². The Bertz CT molecular complexity index is 928. The van der Waals surface area contributed by atoms with Gasteiger partial charge < -0.3 is 15.2 Å². The number of amides is 1. The number of nitrogens with one attached hydrogen (secondary N) is 1. The van der Waals surface area contributed by atoms with Crippen molar-refractivity contribution in [1.82, 2.24) is 0 Å². The number of benzene rings is 2. The molecular formula is C18H10F3N2O3-. The molecule has 0 aliphatic rings. The molecule has 2 aromatic carbocycles. The van der Waals surface area contributed by atoms with Crippen LogP contribution in [-0.4, -0.2) is 11.9 Å². The van der Waals surface area contributed by atoms with Crippen LogP contribution in [0.1, 0.15) is 21.5 Å². The number of rotatable bonds is 4. The highest BCUT2D eigenvalue weighted by atomic mass is 19.4. The lowest BCUT2D eigenvalue weighted by Crippen LogP contribution is -2.25. The Hall–Kier alpha value is -3.60. The van der Waals surface area contributed by atoms with E-state index in [0.717, 1.165) is 24.3 Å². The standard InChI is InChI=1S/C18H11F3N2O3/c19-18(20,21)13-5-3-4-11(9-13)8-12(10-22)16(24)23-15-7-2-1-6-14(15)17(25)26/h1-9H,(H,23,24)(H,25,26)/p-1/b12-8+. The molecule has 0 saturated heterocycles. The van der Waals surface area contributed by atoms with Gasteiger partial charge in [0.1, 0.15) is 11.6 Å². The average Bonchev–Trinajstić information content (AvgIpc) is 2.59. The van der Waals surface area contributed by atoms with E-state index in [9.17, 15) is 27.9 Å². The van der Waals surface area contributed by atoms with E-state index in [4.69, 9.17) is 5.26 Å². The van der Waals surface area contributed by atoms with Crippen LogP contribution in [0, 0.1) is 11.3 Å². The van der Waals surface area contributed by atoms with Crippen LogP contribution in [0.2, 0.25) is 0 Å². The Labute approximate surface area is 146 Å². The maximum Gasteiger partial charge on any atom is 0.416 e. The highest BCUT2D eigenvalue weighted by molar-refractivity contribution is 6.11. The SMILES string of the molecule is N#C/C(=C\c1cccc(C(F)(F)F)c1)C(=O)Nc1ccccc1C(=O)[O-]. The summed E-state index contributed by atoms with van der Waals surface area (Å²) in [6.07, 6.45) is -3.58. The summed E-state index contributed by atoms with van der Waals surface area (Å²) in [4.78, 5) is 23.2. The van der Waals surface area contributed by atoms with Crippen LogP contribution in [0.4, 0.5) is 18.9 Å². The largest absolute Gasteiger partial charge is 0.545 e. The zero-order chi connectivity index (χ0) is 19.3. The molecule has 1 amide bonds. The molecule has 0 unspecified atom stereocenters. The summed E-state index contributed by atoms with van der Waals surface area (Å²) >= 11 is 0. The fourth-order valence-corrected chi connectivity index (χ4v) is 2.08. The Morgan fingerprint density at radius 1 is 1.12 bits per heavy atom. The maximum absolute atomic E-state index is 12.7. The number of hydrogen-bond donors (Lipinski definition) is 1. The van der Waals surface area contributed by atoms with E-state index in [2.05, 4.69) is 5.32 Å². The lowest BCUT2D eigenvalue weighted by Gasteiger charge is -2.11. The number of carbonyl (C=O) groups excluding carboxylic acids is 2. The molecule has 0 saturated carbocycles. The first-order valence-corrected chi connectivity index (χ1v) is 7.13. The molecule has 0 aliphatic heterocycles. The van der Waals surface area contributed by atoms with Gasteiger partial charge in [-0.1, -0.05) is 30.3 Å². The molecule has 26 heavy (non-hydrogen) atoms. The number of halogens is 3. The molecule has 2 rings (SSSR count). The summed E-state index contributed by atoms with van der Waals surface area (Å²) in [5.74, 6) is -2.49. The quantitative estimate of drug-likeness (QED) is 0.671. The molecule has 0 atom stereocenters. The number of hydrogen-bond acceptors (Lipinski definition) is 4. The fourth-order valence-electron chi connectivity index (χ4n) is 2.08. The van der Waals surface area contributed by atoms with Crippen LogP contribution < -0.4 is 10.4 Å². The molecular weight excluding hydrogens is 349 g/mol. The van der Waals surface area contributed by atoms with Crippen molar-refractivity contribution in [3.8, 4) is 6.07 Å². The first-order valence-electron chi connectivity index (χ1n) is 7.13. The van der Waals surface area contributed by atoms with E-state index in [1.807, 2.05) is 0 Å². The third-order valence-corrected chi connectivity index (χ3v) is 3.29. The van der Waals surface area contributed by atoms with Crippen LogP contribution >= 0.6 is 0 Å². The van der Waals surface area contributed by atoms with Gasteiger partial charge in [0, 0.05) is 5.56 Å². The van der Waals surface area contributed by atoms with E-state index < -0.39 is 29.2 Å². The van der Waals surface area contributed by atoms with Gasteiger partial charge in [0.25, 0.3) is 5.91 Å². The zero-order valence-corrected chi connectivity index (χ0v) is 13.0. The molecule has 0 heterocycles. The van der Waals surface area contributed by atoms with Crippen molar-refractivity contribution in [3.05, 3.63) is 70.8 Å². The minimum absolute atomic E-state index is 0.000267.